The van der Waals surface area contributed by atoms with E-state index >= 15 is 0 Å². The van der Waals surface area contributed by atoms with Crippen molar-refractivity contribution in [1.29, 1.82) is 0 Å². The summed E-state index contributed by atoms with van der Waals surface area (Å²) in [5, 5.41) is 2.73. The van der Waals surface area contributed by atoms with Gasteiger partial charge < -0.3 is 15.8 Å². The number of ether oxygens (including phenoxy) is 1. The minimum atomic E-state index is -0.391. The van der Waals surface area contributed by atoms with Crippen LogP contribution in [-0.2, 0) is 6.42 Å². The molecule has 1 amide bonds. The second-order valence-corrected chi connectivity index (χ2v) is 4.38. The molecule has 0 bridgehead atoms. The van der Waals surface area contributed by atoms with Crippen LogP contribution in [0.4, 0.5) is 4.39 Å². The van der Waals surface area contributed by atoms with Crippen LogP contribution in [0.2, 0.25) is 0 Å². The number of fused-ring (bicyclic) bond motifs is 1. The van der Waals surface area contributed by atoms with Gasteiger partial charge in [0.2, 0.25) is 0 Å². The van der Waals surface area contributed by atoms with Crippen LogP contribution in [0.3, 0.4) is 0 Å². The average molecular weight is 264 g/mol. The molecule has 0 aliphatic carbocycles. The van der Waals surface area contributed by atoms with Crippen molar-refractivity contribution in [2.24, 2.45) is 5.73 Å². The van der Waals surface area contributed by atoms with Crippen molar-refractivity contribution < 1.29 is 13.9 Å². The van der Waals surface area contributed by atoms with E-state index in [0.29, 0.717) is 30.6 Å². The average Bonchev–Trinajstić information content (AvgIpc) is 2.39. The zero-order valence-corrected chi connectivity index (χ0v) is 10.8. The highest BCUT2D eigenvalue weighted by molar-refractivity contribution is 5.99. The number of hydrogen-bond acceptors (Lipinski definition) is 3. The highest BCUT2D eigenvalue weighted by atomic mass is 19.1. The Hall–Kier alpha value is -1.88. The summed E-state index contributed by atoms with van der Waals surface area (Å²) in [4.78, 5) is 11.8. The quantitative estimate of drug-likeness (QED) is 0.808. The number of allylic oxidation sites excluding steroid dienone is 1. The standard InChI is InChI=1S/C14H17FN2O2/c1-2-9(7-16)8-19-12-6-11(15)5-10-3-4-17-14(18)13(10)12/h2,5-6H,3-4,7-8,16H2,1H3,(H,17,18)/b9-2-. The number of rotatable bonds is 4. The van der Waals surface area contributed by atoms with Crippen molar-refractivity contribution in [3.05, 3.63) is 40.7 Å². The van der Waals surface area contributed by atoms with E-state index in [2.05, 4.69) is 5.32 Å². The third-order valence-electron chi connectivity index (χ3n) is 3.14. The number of amides is 1. The summed E-state index contributed by atoms with van der Waals surface area (Å²) in [5.74, 6) is -0.329. The number of carbonyl (C=O) groups excluding carboxylic acids is 1. The Bertz CT molecular complexity index is 526. The number of halogens is 1. The van der Waals surface area contributed by atoms with E-state index in [-0.39, 0.29) is 18.3 Å². The van der Waals surface area contributed by atoms with Crippen LogP contribution in [0.15, 0.2) is 23.8 Å². The minimum Gasteiger partial charge on any atom is -0.488 e. The predicted octanol–water partition coefficient (Wildman–Crippen LogP) is 1.40. The molecular formula is C14H17FN2O2. The third-order valence-corrected chi connectivity index (χ3v) is 3.14. The molecule has 19 heavy (non-hydrogen) atoms. The molecule has 0 fully saturated rings. The molecule has 3 N–H and O–H groups in total. The predicted molar refractivity (Wildman–Crippen MR) is 70.7 cm³/mol. The SMILES string of the molecule is C/C=C(/CN)COc1cc(F)cc2c1C(=O)NCC2. The first-order chi connectivity index (χ1) is 9.15. The van der Waals surface area contributed by atoms with Crippen molar-refractivity contribution in [1.82, 2.24) is 5.32 Å². The lowest BCUT2D eigenvalue weighted by atomic mass is 9.99. The molecular weight excluding hydrogens is 247 g/mol. The van der Waals surface area contributed by atoms with Crippen LogP contribution in [-0.4, -0.2) is 25.6 Å². The highest BCUT2D eigenvalue weighted by Gasteiger charge is 2.22. The molecule has 1 heterocycles. The summed E-state index contributed by atoms with van der Waals surface area (Å²) in [7, 11) is 0. The molecule has 1 aliphatic rings. The van der Waals surface area contributed by atoms with E-state index in [1.54, 1.807) is 0 Å². The van der Waals surface area contributed by atoms with Crippen molar-refractivity contribution >= 4 is 5.91 Å². The molecule has 0 radical (unpaired) electrons. The van der Waals surface area contributed by atoms with Gasteiger partial charge in [-0.05, 0) is 30.5 Å². The van der Waals surface area contributed by atoms with E-state index in [0.717, 1.165) is 5.57 Å². The molecule has 2 rings (SSSR count). The molecule has 0 aromatic heterocycles. The Morgan fingerprint density at radius 3 is 3.05 bits per heavy atom. The first-order valence-corrected chi connectivity index (χ1v) is 6.23. The van der Waals surface area contributed by atoms with Gasteiger partial charge in [-0.1, -0.05) is 6.08 Å². The normalized spacial score (nSPS) is 14.9. The number of nitrogens with one attached hydrogen (secondary N) is 1. The Morgan fingerprint density at radius 2 is 2.37 bits per heavy atom. The van der Waals surface area contributed by atoms with Gasteiger partial charge in [-0.2, -0.15) is 0 Å². The van der Waals surface area contributed by atoms with Crippen molar-refractivity contribution in [3.8, 4) is 5.75 Å². The molecule has 0 saturated heterocycles. The lowest BCUT2D eigenvalue weighted by Gasteiger charge is -2.20. The molecule has 102 valence electrons. The van der Waals surface area contributed by atoms with Crippen molar-refractivity contribution in [2.45, 2.75) is 13.3 Å². The molecule has 1 aliphatic heterocycles. The summed E-state index contributed by atoms with van der Waals surface area (Å²) in [6, 6.07) is 2.63. The molecule has 5 heteroatoms. The van der Waals surface area contributed by atoms with Crippen LogP contribution in [0.25, 0.3) is 0 Å². The molecule has 1 aromatic rings. The Balaban J connectivity index is 2.29. The zero-order chi connectivity index (χ0) is 13.8. The summed E-state index contributed by atoms with van der Waals surface area (Å²) in [6.07, 6.45) is 2.47. The summed E-state index contributed by atoms with van der Waals surface area (Å²) >= 11 is 0. The Kier molecular flexibility index (Phi) is 4.16. The molecule has 0 saturated carbocycles. The van der Waals surface area contributed by atoms with Crippen molar-refractivity contribution in [2.75, 3.05) is 19.7 Å². The Morgan fingerprint density at radius 1 is 1.58 bits per heavy atom. The van der Waals surface area contributed by atoms with Gasteiger partial charge in [-0.3, -0.25) is 4.79 Å². The minimum absolute atomic E-state index is 0.217. The van der Waals surface area contributed by atoms with Gasteiger partial charge in [0, 0.05) is 19.2 Å². The van der Waals surface area contributed by atoms with E-state index in [4.69, 9.17) is 10.5 Å². The van der Waals surface area contributed by atoms with Gasteiger partial charge in [-0.25, -0.2) is 4.39 Å². The maximum absolute atomic E-state index is 13.5. The fourth-order valence-corrected chi connectivity index (χ4v) is 2.03. The van der Waals surface area contributed by atoms with Crippen LogP contribution in [0.1, 0.15) is 22.8 Å². The highest BCUT2D eigenvalue weighted by Crippen LogP contribution is 2.27. The smallest absolute Gasteiger partial charge is 0.255 e. The number of benzene rings is 1. The van der Waals surface area contributed by atoms with E-state index in [1.807, 2.05) is 13.0 Å². The number of hydrogen-bond donors (Lipinski definition) is 2. The first kappa shape index (κ1) is 13.5. The van der Waals surface area contributed by atoms with Gasteiger partial charge >= 0.3 is 0 Å². The topological polar surface area (TPSA) is 64.3 Å². The van der Waals surface area contributed by atoms with Crippen LogP contribution >= 0.6 is 0 Å². The van der Waals surface area contributed by atoms with Gasteiger partial charge in [0.25, 0.3) is 5.91 Å². The zero-order valence-electron chi connectivity index (χ0n) is 10.8. The lowest BCUT2D eigenvalue weighted by Crippen LogP contribution is -2.32. The maximum Gasteiger partial charge on any atom is 0.255 e. The van der Waals surface area contributed by atoms with Crippen LogP contribution in [0.5, 0.6) is 5.75 Å². The van der Waals surface area contributed by atoms with E-state index in [9.17, 15) is 9.18 Å². The summed E-state index contributed by atoms with van der Waals surface area (Å²) in [5.41, 5.74) is 7.56. The van der Waals surface area contributed by atoms with Gasteiger partial charge in [0.1, 0.15) is 18.2 Å². The lowest BCUT2D eigenvalue weighted by molar-refractivity contribution is 0.0942. The molecule has 1 aromatic carbocycles. The fourth-order valence-electron chi connectivity index (χ4n) is 2.03. The van der Waals surface area contributed by atoms with Crippen LogP contribution < -0.4 is 15.8 Å². The monoisotopic (exact) mass is 264 g/mol. The van der Waals surface area contributed by atoms with E-state index in [1.165, 1.54) is 12.1 Å². The van der Waals surface area contributed by atoms with Gasteiger partial charge in [-0.15, -0.1) is 0 Å². The van der Waals surface area contributed by atoms with Gasteiger partial charge in [0.15, 0.2) is 0 Å². The number of nitrogens with two attached hydrogens (primary N) is 1. The maximum atomic E-state index is 13.5. The van der Waals surface area contributed by atoms with Gasteiger partial charge in [0.05, 0.1) is 5.56 Å². The Labute approximate surface area is 111 Å². The summed E-state index contributed by atoms with van der Waals surface area (Å²) in [6.45, 7) is 3.02. The fraction of sp³-hybridized carbons (Fsp3) is 0.357. The molecule has 4 nitrogen and oxygen atoms in total. The molecule has 0 unspecified atom stereocenters. The van der Waals surface area contributed by atoms with Crippen molar-refractivity contribution in [3.63, 3.8) is 0 Å². The molecule has 0 spiro atoms. The summed E-state index contributed by atoms with van der Waals surface area (Å²) < 4.78 is 19.1. The first-order valence-electron chi connectivity index (χ1n) is 6.23. The van der Waals surface area contributed by atoms with E-state index < -0.39 is 5.82 Å². The number of carbonyl (C=O) groups is 1. The molecule has 0 atom stereocenters. The second kappa shape index (κ2) is 5.84. The second-order valence-electron chi connectivity index (χ2n) is 4.38. The largest absolute Gasteiger partial charge is 0.488 e. The third kappa shape index (κ3) is 2.93. The van der Waals surface area contributed by atoms with Crippen LogP contribution in [0, 0.1) is 5.82 Å².